The maximum atomic E-state index is 6.25. The molecule has 0 aliphatic heterocycles. The average molecular weight is 367 g/mol. The smallest absolute Gasteiger partial charge is 0.130 e. The van der Waals surface area contributed by atoms with E-state index >= 15 is 0 Å². The van der Waals surface area contributed by atoms with Gasteiger partial charge in [-0.15, -0.1) is 0 Å². The maximum Gasteiger partial charge on any atom is 0.130 e. The number of aryl methyl sites for hydroxylation is 2. The van der Waals surface area contributed by atoms with E-state index in [1.165, 1.54) is 5.56 Å². The first-order valence-electron chi connectivity index (χ1n) is 9.79. The third-order valence-corrected chi connectivity index (χ3v) is 5.64. The predicted molar refractivity (Wildman–Crippen MR) is 117 cm³/mol. The molecule has 0 bridgehead atoms. The predicted octanol–water partition coefficient (Wildman–Crippen LogP) is 6.64. The first kappa shape index (κ1) is 21.0. The summed E-state index contributed by atoms with van der Waals surface area (Å²) in [5.74, 6) is 2.32. The molecular formula is C24H34N2O. The van der Waals surface area contributed by atoms with Crippen LogP contribution in [0.3, 0.4) is 0 Å². The lowest BCUT2D eigenvalue weighted by Crippen LogP contribution is -2.24. The van der Waals surface area contributed by atoms with Gasteiger partial charge in [-0.1, -0.05) is 39.8 Å². The molecule has 0 aliphatic rings. The molecule has 0 radical (unpaired) electrons. The van der Waals surface area contributed by atoms with Crippen molar-refractivity contribution in [3.63, 3.8) is 0 Å². The maximum absolute atomic E-state index is 6.25. The van der Waals surface area contributed by atoms with Gasteiger partial charge in [0.2, 0.25) is 0 Å². The van der Waals surface area contributed by atoms with E-state index < -0.39 is 0 Å². The van der Waals surface area contributed by atoms with Gasteiger partial charge < -0.3 is 9.64 Å². The van der Waals surface area contributed by atoms with Gasteiger partial charge in [-0.05, 0) is 73.1 Å². The first-order chi connectivity index (χ1) is 12.6. The molecule has 0 aliphatic carbocycles. The van der Waals surface area contributed by atoms with E-state index in [1.807, 2.05) is 19.5 Å². The van der Waals surface area contributed by atoms with E-state index in [4.69, 9.17) is 4.74 Å². The lowest BCUT2D eigenvalue weighted by molar-refractivity contribution is 0.370. The Hall–Kier alpha value is -2.29. The van der Waals surface area contributed by atoms with Crippen molar-refractivity contribution in [3.05, 3.63) is 53.1 Å². The molecule has 2 aromatic carbocycles. The summed E-state index contributed by atoms with van der Waals surface area (Å²) in [7, 11) is 2.02. The van der Waals surface area contributed by atoms with Crippen molar-refractivity contribution < 1.29 is 4.74 Å². The van der Waals surface area contributed by atoms with Crippen LogP contribution in [-0.4, -0.2) is 24.8 Å². The Morgan fingerprint density at radius 2 is 1.81 bits per heavy atom. The molecule has 0 saturated carbocycles. The molecule has 0 aromatic heterocycles. The minimum atomic E-state index is 0.105. The fourth-order valence-corrected chi connectivity index (χ4v) is 2.69. The van der Waals surface area contributed by atoms with Crippen LogP contribution in [0.2, 0.25) is 0 Å². The average Bonchev–Trinajstić information content (AvgIpc) is 2.63. The fraction of sp³-hybridized carbons (Fsp3) is 0.458. The van der Waals surface area contributed by atoms with Gasteiger partial charge in [0.25, 0.3) is 0 Å². The molecule has 2 aromatic rings. The van der Waals surface area contributed by atoms with E-state index in [-0.39, 0.29) is 5.41 Å². The van der Waals surface area contributed by atoms with Crippen LogP contribution < -0.4 is 4.74 Å². The minimum Gasteiger partial charge on any atom is -0.457 e. The lowest BCUT2D eigenvalue weighted by atomic mass is 9.75. The molecule has 2 rings (SSSR count). The van der Waals surface area contributed by atoms with Gasteiger partial charge in [-0.3, -0.25) is 0 Å². The summed E-state index contributed by atoms with van der Waals surface area (Å²) in [4.78, 5) is 6.65. The Balaban J connectivity index is 2.28. The van der Waals surface area contributed by atoms with Gasteiger partial charge in [0, 0.05) is 13.6 Å². The van der Waals surface area contributed by atoms with Gasteiger partial charge >= 0.3 is 0 Å². The normalized spacial score (nSPS) is 12.0. The van der Waals surface area contributed by atoms with Crippen molar-refractivity contribution in [3.8, 4) is 11.5 Å². The Bertz CT molecular complexity index is 806. The Kier molecular flexibility index (Phi) is 6.69. The summed E-state index contributed by atoms with van der Waals surface area (Å²) in [5, 5.41) is 0. The van der Waals surface area contributed by atoms with Crippen molar-refractivity contribution in [2.45, 2.75) is 53.9 Å². The van der Waals surface area contributed by atoms with Crippen molar-refractivity contribution in [1.29, 1.82) is 0 Å². The van der Waals surface area contributed by atoms with Crippen LogP contribution in [0.4, 0.5) is 5.69 Å². The highest BCUT2D eigenvalue weighted by molar-refractivity contribution is 5.64. The number of nitrogens with zero attached hydrogens (tertiary/aromatic N) is 2. The van der Waals surface area contributed by atoms with Crippen LogP contribution in [0.15, 0.2) is 41.4 Å². The number of rotatable bonds is 7. The van der Waals surface area contributed by atoms with E-state index in [1.54, 1.807) is 0 Å². The Morgan fingerprint density at radius 3 is 2.44 bits per heavy atom. The number of hydrogen-bond donors (Lipinski definition) is 0. The standard InChI is InChI=1S/C24H34N2O/c1-9-26(8)16-25-22-13-19(5)23(14-18(22)4)27-21-12-10-11-20(15-21)24(6,7)17(2)3/h10-17H,9H2,1-8H3. The molecule has 0 spiro atoms. The zero-order chi connectivity index (χ0) is 20.2. The monoisotopic (exact) mass is 366 g/mol. The summed E-state index contributed by atoms with van der Waals surface area (Å²) in [6.45, 7) is 16.3. The summed E-state index contributed by atoms with van der Waals surface area (Å²) >= 11 is 0. The molecular weight excluding hydrogens is 332 g/mol. The van der Waals surface area contributed by atoms with Crippen molar-refractivity contribution in [2.24, 2.45) is 10.9 Å². The SMILES string of the molecule is CCN(C)C=Nc1cc(C)c(Oc2cccc(C(C)(C)C(C)C)c2)cc1C. The molecule has 0 unspecified atom stereocenters. The summed E-state index contributed by atoms with van der Waals surface area (Å²) < 4.78 is 6.25. The van der Waals surface area contributed by atoms with Crippen LogP contribution in [0.1, 0.15) is 51.3 Å². The van der Waals surface area contributed by atoms with Gasteiger partial charge in [0.05, 0.1) is 12.0 Å². The van der Waals surface area contributed by atoms with Gasteiger partial charge in [-0.25, -0.2) is 4.99 Å². The highest BCUT2D eigenvalue weighted by Gasteiger charge is 2.25. The number of ether oxygens (including phenoxy) is 1. The highest BCUT2D eigenvalue weighted by atomic mass is 16.5. The molecule has 3 heteroatoms. The fourth-order valence-electron chi connectivity index (χ4n) is 2.69. The van der Waals surface area contributed by atoms with Crippen LogP contribution in [0, 0.1) is 19.8 Å². The second kappa shape index (κ2) is 8.60. The third-order valence-electron chi connectivity index (χ3n) is 5.64. The quantitative estimate of drug-likeness (QED) is 0.405. The minimum absolute atomic E-state index is 0.105. The Morgan fingerprint density at radius 1 is 1.11 bits per heavy atom. The molecule has 0 heterocycles. The summed E-state index contributed by atoms with van der Waals surface area (Å²) in [6.07, 6.45) is 1.87. The molecule has 0 atom stereocenters. The van der Waals surface area contributed by atoms with Gasteiger partial charge in [0.1, 0.15) is 11.5 Å². The van der Waals surface area contributed by atoms with E-state index in [0.717, 1.165) is 34.9 Å². The van der Waals surface area contributed by atoms with Crippen LogP contribution in [-0.2, 0) is 5.41 Å². The molecule has 0 amide bonds. The third kappa shape index (κ3) is 5.12. The van der Waals surface area contributed by atoms with E-state index in [2.05, 4.69) is 88.7 Å². The first-order valence-corrected chi connectivity index (χ1v) is 9.79. The molecule has 0 N–H and O–H groups in total. The highest BCUT2D eigenvalue weighted by Crippen LogP contribution is 2.36. The zero-order valence-corrected chi connectivity index (χ0v) is 18.1. The molecule has 27 heavy (non-hydrogen) atoms. The van der Waals surface area contributed by atoms with E-state index in [9.17, 15) is 0 Å². The second-order valence-electron chi connectivity index (χ2n) is 8.23. The van der Waals surface area contributed by atoms with Crippen LogP contribution >= 0.6 is 0 Å². The number of hydrogen-bond acceptors (Lipinski definition) is 2. The largest absolute Gasteiger partial charge is 0.457 e. The van der Waals surface area contributed by atoms with E-state index in [0.29, 0.717) is 5.92 Å². The lowest BCUT2D eigenvalue weighted by Gasteiger charge is -2.30. The second-order valence-corrected chi connectivity index (χ2v) is 8.23. The van der Waals surface area contributed by atoms with Gasteiger partial charge in [-0.2, -0.15) is 0 Å². The number of benzene rings is 2. The van der Waals surface area contributed by atoms with Crippen LogP contribution in [0.25, 0.3) is 0 Å². The summed E-state index contributed by atoms with van der Waals surface area (Å²) in [6, 6.07) is 12.6. The van der Waals surface area contributed by atoms with Crippen molar-refractivity contribution in [1.82, 2.24) is 4.90 Å². The topological polar surface area (TPSA) is 24.8 Å². The van der Waals surface area contributed by atoms with Gasteiger partial charge in [0.15, 0.2) is 0 Å². The molecule has 146 valence electrons. The van der Waals surface area contributed by atoms with Crippen LogP contribution in [0.5, 0.6) is 11.5 Å². The van der Waals surface area contributed by atoms with Crippen molar-refractivity contribution in [2.75, 3.05) is 13.6 Å². The number of aliphatic imine (C=N–C) groups is 1. The zero-order valence-electron chi connectivity index (χ0n) is 18.1. The summed E-state index contributed by atoms with van der Waals surface area (Å²) in [5.41, 5.74) is 4.58. The molecule has 0 fully saturated rings. The van der Waals surface area contributed by atoms with Crippen molar-refractivity contribution >= 4 is 12.0 Å². The molecule has 0 saturated heterocycles. The molecule has 3 nitrogen and oxygen atoms in total. The Labute approximate surface area is 165 Å².